The largest absolute Gasteiger partial charge is 0.462 e. The molecule has 3 aromatic carbocycles. The Balaban J connectivity index is 1.65. The van der Waals surface area contributed by atoms with Crippen molar-refractivity contribution in [1.29, 1.82) is 5.26 Å². The van der Waals surface area contributed by atoms with Crippen LogP contribution in [0.1, 0.15) is 22.8 Å². The molecule has 1 aliphatic rings. The first-order valence-electron chi connectivity index (χ1n) is 11.4. The van der Waals surface area contributed by atoms with Crippen LogP contribution in [0.5, 0.6) is 0 Å². The van der Waals surface area contributed by atoms with Gasteiger partial charge in [0.15, 0.2) is 0 Å². The molecule has 0 radical (unpaired) electrons. The second-order valence-electron chi connectivity index (χ2n) is 7.99. The number of anilines is 2. The third-order valence-electron chi connectivity index (χ3n) is 5.49. The number of rotatable bonds is 7. The molecule has 37 heavy (non-hydrogen) atoms. The van der Waals surface area contributed by atoms with Gasteiger partial charge in [-0.1, -0.05) is 59.8 Å². The molecule has 1 heterocycles. The van der Waals surface area contributed by atoms with Gasteiger partial charge in [0.25, 0.3) is 5.91 Å². The van der Waals surface area contributed by atoms with Crippen LogP contribution in [0.4, 0.5) is 11.4 Å². The van der Waals surface area contributed by atoms with Gasteiger partial charge < -0.3 is 10.1 Å². The molecular weight excluding hydrogens is 510 g/mol. The Kier molecular flexibility index (Phi) is 8.29. The lowest BCUT2D eigenvalue weighted by atomic mass is 10.1. The maximum Gasteiger partial charge on any atom is 0.338 e. The highest BCUT2D eigenvalue weighted by Crippen LogP contribution is 2.42. The molecule has 4 rings (SSSR count). The summed E-state index contributed by atoms with van der Waals surface area (Å²) in [4.78, 5) is 40.0. The van der Waals surface area contributed by atoms with Crippen molar-refractivity contribution in [1.82, 2.24) is 0 Å². The van der Waals surface area contributed by atoms with Crippen LogP contribution in [0.2, 0.25) is 5.02 Å². The Morgan fingerprint density at radius 1 is 1.08 bits per heavy atom. The van der Waals surface area contributed by atoms with Crippen LogP contribution in [0.3, 0.4) is 0 Å². The van der Waals surface area contributed by atoms with Gasteiger partial charge in [-0.2, -0.15) is 5.26 Å². The van der Waals surface area contributed by atoms with Crippen molar-refractivity contribution in [3.63, 3.8) is 0 Å². The van der Waals surface area contributed by atoms with E-state index in [4.69, 9.17) is 16.3 Å². The number of nitrogens with zero attached hydrogens (tertiary/aromatic N) is 2. The number of carbonyl (C=O) groups excluding carboxylic acids is 3. The van der Waals surface area contributed by atoms with Crippen LogP contribution < -0.4 is 10.2 Å². The summed E-state index contributed by atoms with van der Waals surface area (Å²) in [6.45, 7) is 2.02. The van der Waals surface area contributed by atoms with Gasteiger partial charge in [0.05, 0.1) is 17.4 Å². The number of hydrogen-bond donors (Lipinski definition) is 1. The van der Waals surface area contributed by atoms with E-state index in [0.717, 1.165) is 17.3 Å². The zero-order valence-corrected chi connectivity index (χ0v) is 21.4. The number of nitriles is 1. The van der Waals surface area contributed by atoms with Crippen molar-refractivity contribution in [2.24, 2.45) is 0 Å². The molecule has 0 aromatic heterocycles. The molecular formula is C28H22ClN3O4S. The number of ether oxygens (including phenoxy) is 1. The number of para-hydroxylation sites is 1. The number of thioether (sulfide) groups is 1. The normalized spacial score (nSPS) is 16.2. The van der Waals surface area contributed by atoms with Crippen LogP contribution in [-0.4, -0.2) is 29.6 Å². The number of carbonyl (C=O) groups is 3. The minimum Gasteiger partial charge on any atom is -0.462 e. The molecule has 3 aromatic rings. The van der Waals surface area contributed by atoms with Gasteiger partial charge in [-0.05, 0) is 61.4 Å². The number of amides is 2. The Hall–Kier alpha value is -4.06. The molecule has 0 aliphatic carbocycles. The van der Waals surface area contributed by atoms with Crippen molar-refractivity contribution >= 4 is 52.5 Å². The van der Waals surface area contributed by atoms with E-state index in [2.05, 4.69) is 5.32 Å². The fraction of sp³-hybridized carbons (Fsp3) is 0.143. The minimum absolute atomic E-state index is 0.178. The summed E-state index contributed by atoms with van der Waals surface area (Å²) >= 11 is 7.18. The first-order valence-corrected chi connectivity index (χ1v) is 12.7. The lowest BCUT2D eigenvalue weighted by molar-refractivity contribution is -0.117. The Labute approximate surface area is 223 Å². The fourth-order valence-corrected chi connectivity index (χ4v) is 5.26. The number of halogens is 1. The zero-order valence-electron chi connectivity index (χ0n) is 19.8. The third-order valence-corrected chi connectivity index (χ3v) is 6.99. The average molecular weight is 532 g/mol. The van der Waals surface area contributed by atoms with Crippen molar-refractivity contribution in [3.8, 4) is 6.07 Å². The summed E-state index contributed by atoms with van der Waals surface area (Å²) in [5.74, 6) is -1.30. The van der Waals surface area contributed by atoms with Crippen LogP contribution >= 0.6 is 23.4 Å². The van der Waals surface area contributed by atoms with E-state index in [0.29, 0.717) is 28.4 Å². The van der Waals surface area contributed by atoms with E-state index in [1.807, 2.05) is 12.1 Å². The maximum absolute atomic E-state index is 13.6. The standard InChI is InChI=1S/C28H22ClN3O4S/c1-2-36-28(35)19-13-11-18(12-14-19)15-24-26(34)32(22-9-4-3-5-10-22)27(37-24)23(17-30)25(33)31-21-8-6-7-20(29)16-21/h3-14,16,24H,2,15H2,1H3,(H,31,33)/b27-23-/t24-/m0/s1. The molecule has 1 atom stereocenters. The highest BCUT2D eigenvalue weighted by atomic mass is 35.5. The molecule has 186 valence electrons. The monoisotopic (exact) mass is 531 g/mol. The first kappa shape index (κ1) is 26.0. The molecule has 1 saturated heterocycles. The Bertz CT molecular complexity index is 1400. The van der Waals surface area contributed by atoms with E-state index in [-0.39, 0.29) is 23.1 Å². The van der Waals surface area contributed by atoms with Gasteiger partial charge in [-0.25, -0.2) is 4.79 Å². The van der Waals surface area contributed by atoms with E-state index in [9.17, 15) is 19.6 Å². The van der Waals surface area contributed by atoms with E-state index in [1.165, 1.54) is 4.90 Å². The predicted octanol–water partition coefficient (Wildman–Crippen LogP) is 5.58. The van der Waals surface area contributed by atoms with E-state index < -0.39 is 17.1 Å². The van der Waals surface area contributed by atoms with Gasteiger partial charge in [0.1, 0.15) is 16.7 Å². The minimum atomic E-state index is -0.638. The van der Waals surface area contributed by atoms with Crippen LogP contribution in [0.25, 0.3) is 0 Å². The molecule has 1 N–H and O–H groups in total. The van der Waals surface area contributed by atoms with Gasteiger partial charge in [-0.3, -0.25) is 14.5 Å². The number of hydrogen-bond acceptors (Lipinski definition) is 6. The summed E-state index contributed by atoms with van der Waals surface area (Å²) < 4.78 is 5.02. The van der Waals surface area contributed by atoms with Gasteiger partial charge >= 0.3 is 5.97 Å². The van der Waals surface area contributed by atoms with E-state index >= 15 is 0 Å². The summed E-state index contributed by atoms with van der Waals surface area (Å²) in [5.41, 5.74) is 2.06. The van der Waals surface area contributed by atoms with Gasteiger partial charge in [0.2, 0.25) is 5.91 Å². The molecule has 1 aliphatic heterocycles. The molecule has 0 spiro atoms. The SMILES string of the molecule is CCOC(=O)c1ccc(C[C@@H]2S/C(=C(/C#N)C(=O)Nc3cccc(Cl)c3)N(c3ccccc3)C2=O)cc1. The highest BCUT2D eigenvalue weighted by Gasteiger charge is 2.40. The quantitative estimate of drug-likeness (QED) is 0.243. The summed E-state index contributed by atoms with van der Waals surface area (Å²) in [7, 11) is 0. The maximum atomic E-state index is 13.6. The number of benzene rings is 3. The molecule has 2 amide bonds. The van der Waals surface area contributed by atoms with Crippen molar-refractivity contribution in [3.05, 3.63) is 106 Å². The summed E-state index contributed by atoms with van der Waals surface area (Å²) in [5, 5.41) is 12.8. The summed E-state index contributed by atoms with van der Waals surface area (Å²) in [6, 6.07) is 24.3. The number of nitrogens with one attached hydrogen (secondary N) is 1. The predicted molar refractivity (Wildman–Crippen MR) is 144 cm³/mol. The second-order valence-corrected chi connectivity index (χ2v) is 9.62. The van der Waals surface area contributed by atoms with Crippen LogP contribution in [0, 0.1) is 11.3 Å². The highest BCUT2D eigenvalue weighted by molar-refractivity contribution is 8.05. The molecule has 0 bridgehead atoms. The van der Waals surface area contributed by atoms with E-state index in [1.54, 1.807) is 79.7 Å². The molecule has 9 heteroatoms. The molecule has 0 saturated carbocycles. The smallest absolute Gasteiger partial charge is 0.338 e. The Morgan fingerprint density at radius 2 is 1.81 bits per heavy atom. The van der Waals surface area contributed by atoms with Crippen molar-refractivity contribution in [2.45, 2.75) is 18.6 Å². The molecule has 1 fully saturated rings. The lowest BCUT2D eigenvalue weighted by Gasteiger charge is -2.18. The average Bonchev–Trinajstić information content (AvgIpc) is 3.20. The van der Waals surface area contributed by atoms with Crippen molar-refractivity contribution < 1.29 is 19.1 Å². The second kappa shape index (κ2) is 11.8. The molecule has 7 nitrogen and oxygen atoms in total. The van der Waals surface area contributed by atoms with Crippen LogP contribution in [-0.2, 0) is 20.7 Å². The fourth-order valence-electron chi connectivity index (χ4n) is 3.76. The first-order chi connectivity index (χ1) is 17.9. The topological polar surface area (TPSA) is 99.5 Å². The summed E-state index contributed by atoms with van der Waals surface area (Å²) in [6.07, 6.45) is 0.341. The van der Waals surface area contributed by atoms with Crippen molar-refractivity contribution in [2.75, 3.05) is 16.8 Å². The third kappa shape index (κ3) is 6.02. The lowest BCUT2D eigenvalue weighted by Crippen LogP contribution is -2.30. The molecule has 0 unspecified atom stereocenters. The zero-order chi connectivity index (χ0) is 26.4. The van der Waals surface area contributed by atoms with Crippen LogP contribution in [0.15, 0.2) is 89.5 Å². The number of esters is 1. The van der Waals surface area contributed by atoms with Gasteiger partial charge in [0, 0.05) is 16.4 Å². The van der Waals surface area contributed by atoms with Gasteiger partial charge in [-0.15, -0.1) is 0 Å². The Morgan fingerprint density at radius 3 is 2.46 bits per heavy atom.